The largest absolute Gasteiger partial charge is 0.389 e. The smallest absolute Gasteiger partial charge is 0.159 e. The van der Waals surface area contributed by atoms with E-state index in [-0.39, 0.29) is 11.9 Å². The van der Waals surface area contributed by atoms with Gasteiger partial charge in [-0.05, 0) is 30.5 Å². The lowest BCUT2D eigenvalue weighted by Crippen LogP contribution is -1.90. The second kappa shape index (κ2) is 9.62. The van der Waals surface area contributed by atoms with Gasteiger partial charge >= 0.3 is 0 Å². The molecule has 0 aliphatic heterocycles. The molecule has 2 nitrogen and oxygen atoms in total. The van der Waals surface area contributed by atoms with Gasteiger partial charge in [0.2, 0.25) is 0 Å². The van der Waals surface area contributed by atoms with Crippen molar-refractivity contribution in [1.29, 1.82) is 0 Å². The topological polar surface area (TPSA) is 37.3 Å². The van der Waals surface area contributed by atoms with Crippen molar-refractivity contribution >= 4 is 29.0 Å². The van der Waals surface area contributed by atoms with Crippen molar-refractivity contribution in [3.05, 3.63) is 70.8 Å². The van der Waals surface area contributed by atoms with Gasteiger partial charge in [-0.25, -0.2) is 0 Å². The number of aliphatic hydroxyl groups is 1. The highest BCUT2D eigenvalue weighted by atomic mass is 35.5. The van der Waals surface area contributed by atoms with Crippen LogP contribution in [0.15, 0.2) is 48.5 Å². The second-order valence-electron chi connectivity index (χ2n) is 4.94. The number of aliphatic hydroxyl groups excluding tert-OH is 1. The SMILES string of the molecule is CC(=O)c1ccc(CCl)cc1.CC(O)c1ccc(CCl)cc1. The molecule has 2 rings (SSSR count). The zero-order valence-electron chi connectivity index (χ0n) is 12.7. The van der Waals surface area contributed by atoms with Crippen molar-refractivity contribution in [3.8, 4) is 0 Å². The first-order valence-corrected chi connectivity index (χ1v) is 8.03. The molecular formula is C18H20Cl2O2. The van der Waals surface area contributed by atoms with Crippen LogP contribution in [-0.4, -0.2) is 10.9 Å². The minimum atomic E-state index is -0.389. The number of hydrogen-bond acceptors (Lipinski definition) is 2. The Labute approximate surface area is 141 Å². The van der Waals surface area contributed by atoms with Gasteiger partial charge in [0.15, 0.2) is 5.78 Å². The van der Waals surface area contributed by atoms with Gasteiger partial charge in [0.25, 0.3) is 0 Å². The average Bonchev–Trinajstić information content (AvgIpc) is 2.55. The average molecular weight is 339 g/mol. The molecule has 1 N–H and O–H groups in total. The van der Waals surface area contributed by atoms with Crippen molar-refractivity contribution in [2.45, 2.75) is 31.7 Å². The molecule has 0 aliphatic carbocycles. The zero-order valence-corrected chi connectivity index (χ0v) is 14.2. The summed E-state index contributed by atoms with van der Waals surface area (Å²) in [5.74, 6) is 1.12. The Balaban J connectivity index is 0.000000220. The fourth-order valence-corrected chi connectivity index (χ4v) is 2.07. The Kier molecular flexibility index (Phi) is 8.18. The van der Waals surface area contributed by atoms with Gasteiger partial charge < -0.3 is 5.11 Å². The Hall–Kier alpha value is -1.35. The van der Waals surface area contributed by atoms with Gasteiger partial charge in [0.05, 0.1) is 6.10 Å². The third kappa shape index (κ3) is 6.18. The Morgan fingerprint density at radius 1 is 0.955 bits per heavy atom. The molecule has 0 heterocycles. The van der Waals surface area contributed by atoms with Crippen LogP contribution in [0.25, 0.3) is 0 Å². The summed E-state index contributed by atoms with van der Waals surface area (Å²) in [7, 11) is 0. The molecule has 1 atom stereocenters. The third-order valence-corrected chi connectivity index (χ3v) is 3.75. The molecule has 0 saturated heterocycles. The highest BCUT2D eigenvalue weighted by Gasteiger charge is 1.98. The first-order chi connectivity index (χ1) is 10.5. The van der Waals surface area contributed by atoms with E-state index in [9.17, 15) is 4.79 Å². The molecule has 0 amide bonds. The van der Waals surface area contributed by atoms with Gasteiger partial charge in [-0.15, -0.1) is 23.2 Å². The summed E-state index contributed by atoms with van der Waals surface area (Å²) in [6.07, 6.45) is -0.389. The highest BCUT2D eigenvalue weighted by Crippen LogP contribution is 2.13. The fourth-order valence-electron chi connectivity index (χ4n) is 1.71. The Morgan fingerprint density at radius 2 is 1.36 bits per heavy atom. The number of benzene rings is 2. The molecule has 22 heavy (non-hydrogen) atoms. The molecule has 0 radical (unpaired) electrons. The number of carbonyl (C=O) groups is 1. The van der Waals surface area contributed by atoms with E-state index in [1.54, 1.807) is 26.0 Å². The van der Waals surface area contributed by atoms with E-state index in [0.717, 1.165) is 22.3 Å². The van der Waals surface area contributed by atoms with Gasteiger partial charge in [-0.1, -0.05) is 48.5 Å². The van der Waals surface area contributed by atoms with Crippen molar-refractivity contribution in [1.82, 2.24) is 0 Å². The fraction of sp³-hybridized carbons (Fsp3) is 0.278. The number of halogens is 2. The predicted octanol–water partition coefficient (Wildman–Crippen LogP) is 5.11. The number of rotatable bonds is 4. The minimum absolute atomic E-state index is 0.0890. The van der Waals surface area contributed by atoms with Crippen LogP contribution in [0.5, 0.6) is 0 Å². The molecule has 0 aromatic heterocycles. The van der Waals surface area contributed by atoms with E-state index < -0.39 is 0 Å². The van der Waals surface area contributed by atoms with Crippen LogP contribution in [0.2, 0.25) is 0 Å². The van der Waals surface area contributed by atoms with Gasteiger partial charge in [0.1, 0.15) is 0 Å². The van der Waals surface area contributed by atoms with E-state index in [0.29, 0.717) is 11.8 Å². The number of alkyl halides is 2. The molecule has 2 aromatic rings. The van der Waals surface area contributed by atoms with Crippen LogP contribution in [0.4, 0.5) is 0 Å². The molecule has 1 unspecified atom stereocenters. The van der Waals surface area contributed by atoms with Crippen LogP contribution in [0.1, 0.15) is 47.0 Å². The summed E-state index contributed by atoms with van der Waals surface area (Å²) in [6.45, 7) is 3.30. The van der Waals surface area contributed by atoms with Gasteiger partial charge in [-0.2, -0.15) is 0 Å². The minimum Gasteiger partial charge on any atom is -0.389 e. The maximum Gasteiger partial charge on any atom is 0.159 e. The van der Waals surface area contributed by atoms with Crippen molar-refractivity contribution < 1.29 is 9.90 Å². The Bertz CT molecular complexity index is 575. The lowest BCUT2D eigenvalue weighted by atomic mass is 10.1. The second-order valence-corrected chi connectivity index (χ2v) is 5.47. The summed E-state index contributed by atoms with van der Waals surface area (Å²) >= 11 is 11.2. The summed E-state index contributed by atoms with van der Waals surface area (Å²) in [4.78, 5) is 10.8. The van der Waals surface area contributed by atoms with E-state index in [4.69, 9.17) is 28.3 Å². The summed E-state index contributed by atoms with van der Waals surface area (Å²) in [6, 6.07) is 14.9. The quantitative estimate of drug-likeness (QED) is 0.621. The number of hydrogen-bond donors (Lipinski definition) is 1. The molecule has 0 bridgehead atoms. The number of carbonyl (C=O) groups excluding carboxylic acids is 1. The summed E-state index contributed by atoms with van der Waals surface area (Å²) < 4.78 is 0. The standard InChI is InChI=1S/C9H11ClO.C9H9ClO/c2*1-7(11)9-4-2-8(6-10)3-5-9/h2-5,7,11H,6H2,1H3;2-5H,6H2,1H3. The third-order valence-electron chi connectivity index (χ3n) is 3.13. The molecule has 4 heteroatoms. The maximum absolute atomic E-state index is 10.8. The lowest BCUT2D eigenvalue weighted by Gasteiger charge is -2.03. The Morgan fingerprint density at radius 3 is 1.68 bits per heavy atom. The van der Waals surface area contributed by atoms with Crippen molar-refractivity contribution in [2.75, 3.05) is 0 Å². The molecule has 118 valence electrons. The first kappa shape index (κ1) is 18.7. The first-order valence-electron chi connectivity index (χ1n) is 6.96. The van der Waals surface area contributed by atoms with Gasteiger partial charge in [0, 0.05) is 17.3 Å². The summed E-state index contributed by atoms with van der Waals surface area (Å²) in [5.41, 5.74) is 3.78. The lowest BCUT2D eigenvalue weighted by molar-refractivity contribution is 0.101. The maximum atomic E-state index is 10.8. The van der Waals surface area contributed by atoms with Crippen molar-refractivity contribution in [3.63, 3.8) is 0 Å². The van der Waals surface area contributed by atoms with Crippen LogP contribution < -0.4 is 0 Å². The molecule has 0 saturated carbocycles. The number of ketones is 1. The van der Waals surface area contributed by atoms with Crippen LogP contribution in [0.3, 0.4) is 0 Å². The predicted molar refractivity (Wildman–Crippen MR) is 92.6 cm³/mol. The molecular weight excluding hydrogens is 319 g/mol. The monoisotopic (exact) mass is 338 g/mol. The molecule has 2 aromatic carbocycles. The normalized spacial score (nSPS) is 11.3. The molecule has 0 fully saturated rings. The van der Waals surface area contributed by atoms with Gasteiger partial charge in [-0.3, -0.25) is 4.79 Å². The van der Waals surface area contributed by atoms with E-state index in [1.165, 1.54) is 0 Å². The number of Topliss-reactive ketones (excluding diaryl/α,β-unsaturated/α-hetero) is 1. The molecule has 0 aliphatic rings. The van der Waals surface area contributed by atoms with E-state index in [2.05, 4.69) is 0 Å². The molecule has 0 spiro atoms. The van der Waals surface area contributed by atoms with Crippen LogP contribution in [-0.2, 0) is 11.8 Å². The van der Waals surface area contributed by atoms with Crippen molar-refractivity contribution in [2.24, 2.45) is 0 Å². The van der Waals surface area contributed by atoms with E-state index in [1.807, 2.05) is 36.4 Å². The summed E-state index contributed by atoms with van der Waals surface area (Å²) in [5, 5.41) is 9.15. The van der Waals surface area contributed by atoms with E-state index >= 15 is 0 Å². The highest BCUT2D eigenvalue weighted by molar-refractivity contribution is 6.17. The zero-order chi connectivity index (χ0) is 16.5. The van der Waals surface area contributed by atoms with Crippen LogP contribution in [0, 0.1) is 0 Å². The van der Waals surface area contributed by atoms with Crippen LogP contribution >= 0.6 is 23.2 Å².